The van der Waals surface area contributed by atoms with E-state index in [4.69, 9.17) is 40.2 Å². The van der Waals surface area contributed by atoms with Crippen molar-refractivity contribution in [3.63, 3.8) is 0 Å². The maximum atomic E-state index is 4.99. The van der Waals surface area contributed by atoms with Crippen LogP contribution in [-0.2, 0) is 8.33 Å². The fraction of sp³-hybridized carbons (Fsp3) is 0.143. The topological polar surface area (TPSA) is 0 Å². The minimum Gasteiger partial charge on any atom is -0.391 e. The van der Waals surface area contributed by atoms with Gasteiger partial charge in [-0.3, -0.25) is 0 Å². The molecule has 0 atom stereocenters. The van der Waals surface area contributed by atoms with Crippen LogP contribution in [0.1, 0.15) is 5.56 Å². The van der Waals surface area contributed by atoms with Crippen LogP contribution in [0.5, 0.6) is 0 Å². The molecule has 0 radical (unpaired) electrons. The van der Waals surface area contributed by atoms with Crippen molar-refractivity contribution in [3.05, 3.63) is 23.8 Å². The number of aryl methyl sites for hydroxylation is 1. The van der Waals surface area contributed by atoms with Gasteiger partial charge >= 0.3 is 85.3 Å². The van der Waals surface area contributed by atoms with Crippen LogP contribution in [0.25, 0.3) is 0 Å². The summed E-state index contributed by atoms with van der Waals surface area (Å²) in [6.07, 6.45) is 0. The smallest absolute Gasteiger partial charge is 0.391 e. The second kappa shape index (κ2) is 7.03. The number of fused-ring (bicyclic) bond motifs is 1. The van der Waals surface area contributed by atoms with Crippen molar-refractivity contribution in [2.75, 3.05) is 0 Å². The van der Waals surface area contributed by atoms with Crippen molar-refractivity contribution in [2.45, 2.75) is 16.7 Å². The van der Waals surface area contributed by atoms with E-state index in [1.165, 1.54) is 15.4 Å². The Morgan fingerprint density at radius 1 is 1.27 bits per heavy atom. The van der Waals surface area contributed by atoms with Gasteiger partial charge in [0.25, 0.3) is 0 Å². The molecule has 0 amide bonds. The first-order valence-electron chi connectivity index (χ1n) is 3.88. The average Bonchev–Trinajstić information content (AvgIpc) is 2.47. The summed E-state index contributed by atoms with van der Waals surface area (Å²) in [5.41, 5.74) is 1.39. The van der Waals surface area contributed by atoms with Gasteiger partial charge in [0, 0.05) is 0 Å². The normalized spacial score (nSPS) is 13.1. The van der Waals surface area contributed by atoms with E-state index < -0.39 is 9.39 Å². The molecule has 15 heavy (non-hydrogen) atoms. The molecule has 82 valence electrons. The zero-order valence-electron chi connectivity index (χ0n) is 7.58. The Labute approximate surface area is 124 Å². The van der Waals surface area contributed by atoms with E-state index in [1.54, 1.807) is 0 Å². The molecule has 1 aromatic rings. The summed E-state index contributed by atoms with van der Waals surface area (Å²) in [4.78, 5) is 3.05. The number of hydrogen-bond donors (Lipinski definition) is 0. The van der Waals surface area contributed by atoms with Crippen LogP contribution >= 0.6 is 49.0 Å². The van der Waals surface area contributed by atoms with E-state index in [1.807, 2.05) is 0 Å². The average molecular weight is 445 g/mol. The molecule has 1 heterocycles. The summed E-state index contributed by atoms with van der Waals surface area (Å²) >= 11 is 0.0202. The van der Waals surface area contributed by atoms with Gasteiger partial charge in [0.1, 0.15) is 0 Å². The van der Waals surface area contributed by atoms with Crippen molar-refractivity contribution in [3.8, 4) is 0 Å². The van der Waals surface area contributed by atoms with Crippen LogP contribution < -0.4 is 0 Å². The largest absolute Gasteiger partial charge is 0.564 e. The molecule has 0 nitrogen and oxygen atoms in total. The Hall–Kier alpha value is 2.30. The maximum Gasteiger partial charge on any atom is 0.564 e. The maximum absolute atomic E-state index is 4.99. The van der Waals surface area contributed by atoms with Crippen molar-refractivity contribution in [1.82, 2.24) is 0 Å². The van der Waals surface area contributed by atoms with Gasteiger partial charge in [-0.25, -0.2) is 0 Å². The van der Waals surface area contributed by atoms with Crippen molar-refractivity contribution < 1.29 is 0 Å². The molecule has 0 saturated carbocycles. The summed E-state index contributed by atoms with van der Waals surface area (Å²) < 4.78 is 0. The van der Waals surface area contributed by atoms with Gasteiger partial charge in [0.05, 0.1) is 0 Å². The standard InChI is InChI=1S/C7H8S2.Al.4ClH.Sb/c1-5-2-3-6(8)7(9)4-5;;;;;;/h2-4,8-9H,1H3;;4*1H;/q;+3;;;;;+3/p-6. The molecule has 0 bridgehead atoms. The number of rotatable bonds is 0. The van der Waals surface area contributed by atoms with Gasteiger partial charge in [0.15, 0.2) is 0 Å². The van der Waals surface area contributed by atoms with E-state index in [0.717, 1.165) is 0 Å². The van der Waals surface area contributed by atoms with Gasteiger partial charge in [0.2, 0.25) is 0 Å². The molecular formula is C7H6AlCl4S2Sb. The third-order valence-electron chi connectivity index (χ3n) is 1.37. The van der Waals surface area contributed by atoms with E-state index in [0.29, 0.717) is 0 Å². The van der Waals surface area contributed by atoms with Crippen molar-refractivity contribution >= 4 is 85.0 Å². The fourth-order valence-electron chi connectivity index (χ4n) is 0.861. The zero-order valence-corrected chi connectivity index (χ0v) is 15.9. The summed E-state index contributed by atoms with van der Waals surface area (Å²) in [5.74, 6) is 0. The zero-order chi connectivity index (χ0) is 11.5. The van der Waals surface area contributed by atoms with Crippen molar-refractivity contribution in [2.24, 2.45) is 0 Å². The van der Waals surface area contributed by atoms with E-state index >= 15 is 0 Å². The molecular weight excluding hydrogens is 439 g/mol. The summed E-state index contributed by atoms with van der Waals surface area (Å²) in [6, 6.07) is 6.76. The van der Waals surface area contributed by atoms with Crippen LogP contribution in [0, 0.1) is 6.92 Å². The minimum atomic E-state index is -2.94. The molecule has 1 aliphatic heterocycles. The number of benzene rings is 1. The molecule has 0 fully saturated rings. The SMILES string of the molecule is Cc1ccc2c(c1)[S+]=[Sb][S]2.[Cl][Al-]([Cl])([Cl])[Cl]. The number of halogens is 4. The minimum absolute atomic E-state index is 0.0202. The predicted molar refractivity (Wildman–Crippen MR) is 77.6 cm³/mol. The first-order chi connectivity index (χ1) is 6.86. The van der Waals surface area contributed by atoms with Crippen LogP contribution in [0.15, 0.2) is 28.0 Å². The van der Waals surface area contributed by atoms with Crippen molar-refractivity contribution in [1.29, 1.82) is 0 Å². The predicted octanol–water partition coefficient (Wildman–Crippen LogP) is 4.45. The molecule has 2 rings (SSSR count). The van der Waals surface area contributed by atoms with Gasteiger partial charge in [-0.15, -0.1) is 0 Å². The second-order valence-electron chi connectivity index (χ2n) is 2.70. The molecule has 8 heteroatoms. The van der Waals surface area contributed by atoms with E-state index in [9.17, 15) is 0 Å². The van der Waals surface area contributed by atoms with E-state index in [2.05, 4.69) is 42.3 Å². The molecule has 1 aliphatic rings. The van der Waals surface area contributed by atoms with E-state index in [-0.39, 0.29) is 18.2 Å². The van der Waals surface area contributed by atoms with Gasteiger partial charge in [-0.2, -0.15) is 0 Å². The Morgan fingerprint density at radius 2 is 1.87 bits per heavy atom. The monoisotopic (exact) mass is 442 g/mol. The second-order valence-corrected chi connectivity index (χ2v) is 24.4. The summed E-state index contributed by atoms with van der Waals surface area (Å²) in [7, 11) is 21.2. The molecule has 0 unspecified atom stereocenters. The molecule has 0 saturated heterocycles. The molecule has 0 aromatic heterocycles. The Kier molecular flexibility index (Phi) is 7.20. The molecule has 0 aliphatic carbocycles. The summed E-state index contributed by atoms with van der Waals surface area (Å²) in [5, 5.41) is 0. The van der Waals surface area contributed by atoms with Crippen LogP contribution in [-0.4, -0.2) is 27.6 Å². The van der Waals surface area contributed by atoms with Gasteiger partial charge < -0.3 is 40.2 Å². The Balaban J connectivity index is 0.000000195. The first-order valence-corrected chi connectivity index (χ1v) is 18.7. The molecule has 0 N–H and O–H groups in total. The number of hydrogen-bond acceptors (Lipinski definition) is 1. The first kappa shape index (κ1) is 15.4. The van der Waals surface area contributed by atoms with Crippen LogP contribution in [0.2, 0.25) is 0 Å². The van der Waals surface area contributed by atoms with Gasteiger partial charge in [-0.1, -0.05) is 0 Å². The third-order valence-corrected chi connectivity index (χ3v) is 10.4. The quantitative estimate of drug-likeness (QED) is 0.421. The Bertz CT molecular complexity index is 374. The third kappa shape index (κ3) is 7.35. The Morgan fingerprint density at radius 3 is 2.47 bits per heavy atom. The van der Waals surface area contributed by atoms with Gasteiger partial charge in [-0.05, 0) is 0 Å². The molecule has 0 spiro atoms. The summed E-state index contributed by atoms with van der Waals surface area (Å²) in [6.45, 7) is 2.16. The van der Waals surface area contributed by atoms with Crippen LogP contribution in [0.4, 0.5) is 0 Å². The molecule has 1 aromatic carbocycles. The van der Waals surface area contributed by atoms with Crippen LogP contribution in [0.3, 0.4) is 0 Å². The fourth-order valence-corrected chi connectivity index (χ4v) is 11.4.